The fourth-order valence-electron chi connectivity index (χ4n) is 10.4. The van der Waals surface area contributed by atoms with E-state index in [2.05, 4.69) is 22.8 Å². The molecule has 6 N–H and O–H groups in total. The third-order valence-corrected chi connectivity index (χ3v) is 13.6. The number of nitrogen functional groups attached to an aromatic ring is 2. The van der Waals surface area contributed by atoms with Crippen LogP contribution in [0, 0.1) is 11.6 Å². The predicted octanol–water partition coefficient (Wildman–Crippen LogP) is 10.3. The second-order valence-electron chi connectivity index (χ2n) is 20.8. The van der Waals surface area contributed by atoms with E-state index in [-0.39, 0.29) is 28.9 Å². The van der Waals surface area contributed by atoms with E-state index in [9.17, 15) is 19.2 Å². The molecule has 4 fully saturated rings. The van der Waals surface area contributed by atoms with Crippen molar-refractivity contribution in [2.75, 3.05) is 58.1 Å². The number of likely N-dealkylation sites (tertiary alicyclic amines) is 2. The summed E-state index contributed by atoms with van der Waals surface area (Å²) in [5, 5.41) is 5.84. The molecular formula is C53H66F2N8O6. The number of ether oxygens (including phenoxy) is 2. The van der Waals surface area contributed by atoms with Gasteiger partial charge in [-0.05, 0) is 152 Å². The Morgan fingerprint density at radius 1 is 0.580 bits per heavy atom. The highest BCUT2D eigenvalue weighted by Gasteiger charge is 2.40. The Bertz CT molecular complexity index is 2420. The van der Waals surface area contributed by atoms with Crippen molar-refractivity contribution in [3.8, 4) is 0 Å². The van der Waals surface area contributed by atoms with E-state index >= 15 is 8.78 Å². The van der Waals surface area contributed by atoms with Crippen LogP contribution in [0.25, 0.3) is 0 Å². The van der Waals surface area contributed by atoms with Crippen molar-refractivity contribution in [3.63, 3.8) is 0 Å². The molecule has 8 rings (SSSR count). The second kappa shape index (κ2) is 19.8. The molecule has 14 nitrogen and oxygen atoms in total. The van der Waals surface area contributed by atoms with Gasteiger partial charge in [0.2, 0.25) is 11.8 Å². The van der Waals surface area contributed by atoms with Gasteiger partial charge in [-0.15, -0.1) is 0 Å². The average molecular weight is 949 g/mol. The first-order valence-electron chi connectivity index (χ1n) is 24.2. The number of carbonyl (C=O) groups is 4. The monoisotopic (exact) mass is 949 g/mol. The quantitative estimate of drug-likeness (QED) is 0.118. The molecule has 4 aliphatic rings. The largest absolute Gasteiger partial charge is 0.444 e. The van der Waals surface area contributed by atoms with E-state index in [4.69, 9.17) is 20.9 Å². The summed E-state index contributed by atoms with van der Waals surface area (Å²) in [6.07, 6.45) is 3.82. The molecule has 4 aliphatic heterocycles. The number of rotatable bonds is 9. The molecule has 4 amide bonds. The normalized spacial score (nSPS) is 21.1. The number of nitrogens with one attached hydrogen (secondary N) is 2. The number of nitrogens with two attached hydrogens (primary N) is 2. The first-order valence-corrected chi connectivity index (χ1v) is 24.2. The Kier molecular flexibility index (Phi) is 14.0. The minimum absolute atomic E-state index is 0.0498. The Morgan fingerprint density at radius 3 is 1.45 bits per heavy atom. The summed E-state index contributed by atoms with van der Waals surface area (Å²) < 4.78 is 44.3. The van der Waals surface area contributed by atoms with E-state index in [0.29, 0.717) is 87.7 Å². The van der Waals surface area contributed by atoms with Crippen molar-refractivity contribution in [3.05, 3.63) is 107 Å². The van der Waals surface area contributed by atoms with Gasteiger partial charge in [-0.1, -0.05) is 42.5 Å². The number of piperidine rings is 1. The number of anilines is 6. The van der Waals surface area contributed by atoms with Crippen LogP contribution >= 0.6 is 0 Å². The summed E-state index contributed by atoms with van der Waals surface area (Å²) in [7, 11) is 0. The number of nitrogens with zero attached hydrogens (tertiary/aromatic N) is 4. The van der Waals surface area contributed by atoms with Crippen LogP contribution in [0.4, 0.5) is 52.5 Å². The lowest BCUT2D eigenvalue weighted by Crippen LogP contribution is -2.45. The van der Waals surface area contributed by atoms with E-state index in [0.717, 1.165) is 24.0 Å². The minimum Gasteiger partial charge on any atom is -0.444 e. The molecule has 0 spiro atoms. The Labute approximate surface area is 403 Å². The van der Waals surface area contributed by atoms with Crippen LogP contribution in [0.5, 0.6) is 0 Å². The Morgan fingerprint density at radius 2 is 1.03 bits per heavy atom. The zero-order valence-electron chi connectivity index (χ0n) is 40.5. The number of benzene rings is 4. The Hall–Kier alpha value is -6.58. The zero-order chi connectivity index (χ0) is 49.4. The van der Waals surface area contributed by atoms with Crippen molar-refractivity contribution >= 4 is 58.1 Å². The minimum atomic E-state index is -0.727. The summed E-state index contributed by atoms with van der Waals surface area (Å²) in [4.78, 5) is 59.9. The molecule has 4 aromatic rings. The maximum atomic E-state index is 16.6. The fourth-order valence-corrected chi connectivity index (χ4v) is 10.4. The van der Waals surface area contributed by atoms with Gasteiger partial charge < -0.3 is 41.4 Å². The van der Waals surface area contributed by atoms with Crippen LogP contribution in [0.2, 0.25) is 0 Å². The summed E-state index contributed by atoms with van der Waals surface area (Å²) in [6, 6.07) is 21.4. The second-order valence-corrected chi connectivity index (χ2v) is 20.8. The maximum Gasteiger partial charge on any atom is 0.410 e. The number of hydrogen-bond acceptors (Lipinski definition) is 10. The average Bonchev–Trinajstić information content (AvgIpc) is 4.08. The van der Waals surface area contributed by atoms with Gasteiger partial charge in [0.05, 0.1) is 34.8 Å². The highest BCUT2D eigenvalue weighted by molar-refractivity contribution is 6.00. The topological polar surface area (TPSA) is 176 Å². The lowest BCUT2D eigenvalue weighted by atomic mass is 9.89. The summed E-state index contributed by atoms with van der Waals surface area (Å²) in [5.41, 5.74) is 16.3. The molecule has 4 saturated heterocycles. The lowest BCUT2D eigenvalue weighted by molar-refractivity contribution is -0.121. The van der Waals surface area contributed by atoms with Gasteiger partial charge in [0.25, 0.3) is 0 Å². The number of carbonyl (C=O) groups excluding carboxylic acids is 4. The van der Waals surface area contributed by atoms with Crippen LogP contribution in [0.1, 0.15) is 128 Å². The third-order valence-electron chi connectivity index (χ3n) is 13.6. The van der Waals surface area contributed by atoms with Gasteiger partial charge in [0.15, 0.2) is 11.6 Å². The highest BCUT2D eigenvalue weighted by Crippen LogP contribution is 2.49. The van der Waals surface area contributed by atoms with Crippen LogP contribution in [0.15, 0.2) is 78.9 Å². The van der Waals surface area contributed by atoms with Crippen molar-refractivity contribution in [2.45, 2.75) is 134 Å². The first kappa shape index (κ1) is 48.9. The molecule has 16 heteroatoms. The molecule has 0 radical (unpaired) electrons. The SMILES string of the molecule is CC(C)(C)OC(=O)N1CCCC1C(=O)Nc1ccc(C2CCC(c3ccc(NC(=O)C4CCCN4C(=O)OC(C)(C)C)c(N)c3)N2c2cc(F)c(N3CCC(c4ccccc4)CC3)c(F)c2)cc1N. The molecule has 0 bridgehead atoms. The molecular weight excluding hydrogens is 883 g/mol. The molecule has 368 valence electrons. The molecule has 4 aromatic carbocycles. The van der Waals surface area contributed by atoms with Crippen LogP contribution < -0.4 is 31.9 Å². The number of amides is 4. The van der Waals surface area contributed by atoms with Gasteiger partial charge in [0.1, 0.15) is 29.0 Å². The molecule has 4 heterocycles. The summed E-state index contributed by atoms with van der Waals surface area (Å²) >= 11 is 0. The van der Waals surface area contributed by atoms with Crippen molar-refractivity contribution in [1.29, 1.82) is 0 Å². The molecule has 4 atom stereocenters. The Balaban J connectivity index is 1.05. The van der Waals surface area contributed by atoms with E-state index in [1.807, 2.05) is 35.2 Å². The summed E-state index contributed by atoms with van der Waals surface area (Å²) in [5.74, 6) is -1.78. The van der Waals surface area contributed by atoms with Gasteiger partial charge >= 0.3 is 12.2 Å². The molecule has 0 aromatic heterocycles. The van der Waals surface area contributed by atoms with Crippen LogP contribution in [-0.4, -0.2) is 83.3 Å². The summed E-state index contributed by atoms with van der Waals surface area (Å²) in [6.45, 7) is 12.5. The van der Waals surface area contributed by atoms with Gasteiger partial charge in [-0.2, -0.15) is 0 Å². The van der Waals surface area contributed by atoms with Crippen molar-refractivity contribution in [1.82, 2.24) is 9.80 Å². The highest BCUT2D eigenvalue weighted by atomic mass is 19.1. The standard InChI is InChI=1S/C53H66F2N8O6/c1-52(2,3)68-50(66)61-24-10-14-45(61)48(64)58-41-18-16-34(28-39(41)56)43-20-21-44(35-17-19-42(40(57)29-35)59-49(65)46-15-11-25-62(46)51(67)69-53(4,5)6)63(43)36-30-37(54)47(38(55)31-36)60-26-22-33(23-27-60)32-12-8-7-9-13-32/h7-9,12-13,16-19,28-31,33,43-46H,10-11,14-15,20-27,56-57H2,1-6H3,(H,58,64)(H,59,65). The van der Waals surface area contributed by atoms with Gasteiger partial charge in [0, 0.05) is 31.9 Å². The molecule has 4 unspecified atom stereocenters. The van der Waals surface area contributed by atoms with Crippen molar-refractivity contribution in [2.24, 2.45) is 0 Å². The molecule has 0 saturated carbocycles. The van der Waals surface area contributed by atoms with Gasteiger partial charge in [-0.3, -0.25) is 19.4 Å². The smallest absolute Gasteiger partial charge is 0.410 e. The van der Waals surface area contributed by atoms with Crippen molar-refractivity contribution < 1.29 is 37.4 Å². The first-order chi connectivity index (χ1) is 32.7. The van der Waals surface area contributed by atoms with E-state index in [1.54, 1.807) is 70.7 Å². The molecule has 69 heavy (non-hydrogen) atoms. The molecule has 0 aliphatic carbocycles. The number of halogens is 2. The van der Waals surface area contributed by atoms with Crippen LogP contribution in [0.3, 0.4) is 0 Å². The van der Waals surface area contributed by atoms with Crippen LogP contribution in [-0.2, 0) is 19.1 Å². The van der Waals surface area contributed by atoms with Gasteiger partial charge in [-0.25, -0.2) is 18.4 Å². The fraction of sp³-hybridized carbons (Fsp3) is 0.472. The predicted molar refractivity (Wildman–Crippen MR) is 265 cm³/mol. The third kappa shape index (κ3) is 11.0. The lowest BCUT2D eigenvalue weighted by Gasteiger charge is -2.36. The van der Waals surface area contributed by atoms with E-state index in [1.165, 1.54) is 27.5 Å². The maximum absolute atomic E-state index is 16.6. The number of hydrogen-bond donors (Lipinski definition) is 4. The van der Waals surface area contributed by atoms with E-state index < -0.39 is 59.2 Å². The zero-order valence-corrected chi connectivity index (χ0v) is 40.5.